The Morgan fingerprint density at radius 2 is 2.21 bits per heavy atom. The van der Waals surface area contributed by atoms with Gasteiger partial charge in [-0.1, -0.05) is 6.07 Å². The van der Waals surface area contributed by atoms with Crippen LogP contribution in [0.15, 0.2) is 18.2 Å². The van der Waals surface area contributed by atoms with E-state index in [0.29, 0.717) is 44.1 Å². The van der Waals surface area contributed by atoms with Gasteiger partial charge in [0.05, 0.1) is 24.7 Å². The van der Waals surface area contributed by atoms with Gasteiger partial charge in [0.1, 0.15) is 6.04 Å². The van der Waals surface area contributed by atoms with Crippen molar-refractivity contribution in [1.29, 1.82) is 0 Å². The van der Waals surface area contributed by atoms with E-state index in [0.717, 1.165) is 5.56 Å². The van der Waals surface area contributed by atoms with Crippen LogP contribution < -0.4 is 14.9 Å². The van der Waals surface area contributed by atoms with E-state index in [4.69, 9.17) is 4.74 Å². The van der Waals surface area contributed by atoms with Crippen LogP contribution in [0.25, 0.3) is 0 Å². The molecule has 0 radical (unpaired) electrons. The maximum Gasteiger partial charge on any atom is 0.243 e. The molecule has 2 saturated heterocycles. The van der Waals surface area contributed by atoms with Crippen molar-refractivity contribution in [1.82, 2.24) is 5.32 Å². The number of carbonyl (C=O) groups is 1. The number of ether oxygens (including phenoxy) is 1. The second-order valence-corrected chi connectivity index (χ2v) is 7.83. The van der Waals surface area contributed by atoms with Crippen LogP contribution >= 0.6 is 12.4 Å². The predicted molar refractivity (Wildman–Crippen MR) is 95.4 cm³/mol. The predicted octanol–water partition coefficient (Wildman–Crippen LogP) is 0.884. The Hall–Kier alpha value is -1.35. The Morgan fingerprint density at radius 1 is 1.42 bits per heavy atom. The molecule has 2 N–H and O–H groups in total. The second-order valence-electron chi connectivity index (χ2n) is 5.81. The molecule has 0 spiro atoms. The molecule has 3 rings (SSSR count). The summed E-state index contributed by atoms with van der Waals surface area (Å²) < 4.78 is 30.9. The molecule has 1 atom stereocenters. The van der Waals surface area contributed by atoms with Crippen molar-refractivity contribution in [3.05, 3.63) is 23.8 Å². The number of hydrogen-bond donors (Lipinski definition) is 2. The molecule has 0 bridgehead atoms. The highest BCUT2D eigenvalue weighted by atomic mass is 35.5. The standard InChI is InChI=1S/C15H21N3O4S.ClH/c1-11-3-4-12(17-15(19)13-10-22-7-5-16-13)9-14(11)18-6-2-8-23(18,20)21;/h3-4,9,13,16H,2,5-8,10H2,1H3,(H,17,19);1H. The highest BCUT2D eigenvalue weighted by molar-refractivity contribution is 7.93. The molecular formula is C15H22ClN3O4S. The number of benzene rings is 1. The Balaban J connectivity index is 0.00000208. The smallest absolute Gasteiger partial charge is 0.243 e. The van der Waals surface area contributed by atoms with Crippen LogP contribution in [0.1, 0.15) is 12.0 Å². The molecule has 0 aromatic heterocycles. The van der Waals surface area contributed by atoms with Gasteiger partial charge in [-0.3, -0.25) is 9.10 Å². The number of morpholine rings is 1. The first-order chi connectivity index (χ1) is 11.0. The molecule has 2 heterocycles. The highest BCUT2D eigenvalue weighted by Crippen LogP contribution is 2.30. The first-order valence-corrected chi connectivity index (χ1v) is 9.31. The fourth-order valence-corrected chi connectivity index (χ4v) is 4.45. The van der Waals surface area contributed by atoms with Gasteiger partial charge in [0.2, 0.25) is 15.9 Å². The molecule has 9 heteroatoms. The summed E-state index contributed by atoms with van der Waals surface area (Å²) in [6, 6.07) is 4.94. The van der Waals surface area contributed by atoms with Gasteiger partial charge in [-0.05, 0) is 31.0 Å². The van der Waals surface area contributed by atoms with Gasteiger partial charge in [-0.15, -0.1) is 12.4 Å². The Labute approximate surface area is 148 Å². The highest BCUT2D eigenvalue weighted by Gasteiger charge is 2.30. The molecule has 134 valence electrons. The van der Waals surface area contributed by atoms with Crippen molar-refractivity contribution in [3.8, 4) is 0 Å². The number of amides is 1. The van der Waals surface area contributed by atoms with Crippen molar-refractivity contribution in [2.75, 3.05) is 41.7 Å². The topological polar surface area (TPSA) is 87.7 Å². The summed E-state index contributed by atoms with van der Waals surface area (Å²) >= 11 is 0. The monoisotopic (exact) mass is 375 g/mol. The van der Waals surface area contributed by atoms with E-state index < -0.39 is 10.0 Å². The molecular weight excluding hydrogens is 354 g/mol. The van der Waals surface area contributed by atoms with Gasteiger partial charge < -0.3 is 15.4 Å². The van der Waals surface area contributed by atoms with Crippen LogP contribution in [0.3, 0.4) is 0 Å². The maximum atomic E-state index is 12.2. The minimum absolute atomic E-state index is 0. The molecule has 1 unspecified atom stereocenters. The van der Waals surface area contributed by atoms with Crippen LogP contribution in [0.5, 0.6) is 0 Å². The van der Waals surface area contributed by atoms with Crippen LogP contribution in [0.4, 0.5) is 11.4 Å². The molecule has 2 aliphatic heterocycles. The molecule has 1 aromatic carbocycles. The van der Waals surface area contributed by atoms with Gasteiger partial charge in [0, 0.05) is 18.8 Å². The van der Waals surface area contributed by atoms with E-state index in [2.05, 4.69) is 10.6 Å². The molecule has 24 heavy (non-hydrogen) atoms. The Morgan fingerprint density at radius 3 is 2.83 bits per heavy atom. The zero-order valence-corrected chi connectivity index (χ0v) is 15.1. The summed E-state index contributed by atoms with van der Waals surface area (Å²) in [5, 5.41) is 5.92. The van der Waals surface area contributed by atoms with Crippen LogP contribution in [-0.4, -0.2) is 52.4 Å². The lowest BCUT2D eigenvalue weighted by Gasteiger charge is -2.24. The van der Waals surface area contributed by atoms with Gasteiger partial charge in [0.25, 0.3) is 0 Å². The number of rotatable bonds is 3. The molecule has 1 amide bonds. The third-order valence-corrected chi connectivity index (χ3v) is 5.94. The summed E-state index contributed by atoms with van der Waals surface area (Å²) in [5.74, 6) is -0.00408. The van der Waals surface area contributed by atoms with Gasteiger partial charge >= 0.3 is 0 Å². The molecule has 0 aliphatic carbocycles. The summed E-state index contributed by atoms with van der Waals surface area (Å²) in [6.07, 6.45) is 0.627. The third-order valence-electron chi connectivity index (χ3n) is 4.08. The summed E-state index contributed by atoms with van der Waals surface area (Å²) in [4.78, 5) is 12.2. The molecule has 7 nitrogen and oxygen atoms in total. The normalized spacial score (nSPS) is 22.7. The van der Waals surface area contributed by atoms with Crippen LogP contribution in [0.2, 0.25) is 0 Å². The fourth-order valence-electron chi connectivity index (χ4n) is 2.83. The lowest BCUT2D eigenvalue weighted by molar-refractivity contribution is -0.120. The van der Waals surface area contributed by atoms with Gasteiger partial charge in [-0.25, -0.2) is 8.42 Å². The minimum Gasteiger partial charge on any atom is -0.378 e. The minimum atomic E-state index is -3.24. The zero-order chi connectivity index (χ0) is 16.4. The molecule has 0 saturated carbocycles. The van der Waals surface area contributed by atoms with E-state index >= 15 is 0 Å². The van der Waals surface area contributed by atoms with E-state index in [-0.39, 0.29) is 30.1 Å². The number of anilines is 2. The average molecular weight is 376 g/mol. The second kappa shape index (κ2) is 7.69. The lowest BCUT2D eigenvalue weighted by Crippen LogP contribution is -2.48. The van der Waals surface area contributed by atoms with Crippen molar-refractivity contribution in [3.63, 3.8) is 0 Å². The number of sulfonamides is 1. The first kappa shape index (κ1) is 19.0. The Bertz CT molecular complexity index is 705. The number of nitrogens with zero attached hydrogens (tertiary/aromatic N) is 1. The van der Waals surface area contributed by atoms with Crippen molar-refractivity contribution < 1.29 is 17.9 Å². The van der Waals surface area contributed by atoms with Crippen LogP contribution in [0, 0.1) is 6.92 Å². The zero-order valence-electron chi connectivity index (χ0n) is 13.4. The van der Waals surface area contributed by atoms with Crippen molar-refractivity contribution in [2.45, 2.75) is 19.4 Å². The number of nitrogens with one attached hydrogen (secondary N) is 2. The Kier molecular flexibility index (Phi) is 6.08. The number of carbonyl (C=O) groups excluding carboxylic acids is 1. The lowest BCUT2D eigenvalue weighted by atomic mass is 10.1. The SMILES string of the molecule is Cc1ccc(NC(=O)C2COCCN2)cc1N1CCCS1(=O)=O.Cl. The number of halogens is 1. The average Bonchev–Trinajstić information content (AvgIpc) is 2.89. The molecule has 1 aromatic rings. The number of aryl methyl sites for hydroxylation is 1. The molecule has 2 aliphatic rings. The number of hydrogen-bond acceptors (Lipinski definition) is 5. The maximum absolute atomic E-state index is 12.2. The first-order valence-electron chi connectivity index (χ1n) is 7.70. The van der Waals surface area contributed by atoms with E-state index in [9.17, 15) is 13.2 Å². The summed E-state index contributed by atoms with van der Waals surface area (Å²) in [7, 11) is -3.24. The largest absolute Gasteiger partial charge is 0.378 e. The van der Waals surface area contributed by atoms with E-state index in [1.807, 2.05) is 13.0 Å². The summed E-state index contributed by atoms with van der Waals surface area (Å²) in [5.41, 5.74) is 2.09. The van der Waals surface area contributed by atoms with Crippen LogP contribution in [-0.2, 0) is 19.6 Å². The quantitative estimate of drug-likeness (QED) is 0.819. The van der Waals surface area contributed by atoms with E-state index in [1.54, 1.807) is 12.1 Å². The molecule has 2 fully saturated rings. The third kappa shape index (κ3) is 4.00. The van der Waals surface area contributed by atoms with Gasteiger partial charge in [-0.2, -0.15) is 0 Å². The fraction of sp³-hybridized carbons (Fsp3) is 0.533. The summed E-state index contributed by atoms with van der Waals surface area (Å²) in [6.45, 7) is 3.93. The van der Waals surface area contributed by atoms with Crippen molar-refractivity contribution >= 4 is 39.7 Å². The van der Waals surface area contributed by atoms with E-state index in [1.165, 1.54) is 4.31 Å². The van der Waals surface area contributed by atoms with Gasteiger partial charge in [0.15, 0.2) is 0 Å². The van der Waals surface area contributed by atoms with Crippen molar-refractivity contribution in [2.24, 2.45) is 0 Å².